The molecule has 0 radical (unpaired) electrons. The van der Waals surface area contributed by atoms with Crippen LogP contribution in [-0.2, 0) is 24.4 Å². The van der Waals surface area contributed by atoms with Crippen LogP contribution in [0, 0.1) is 0 Å². The summed E-state index contributed by atoms with van der Waals surface area (Å²) in [5.74, 6) is -0.312. The van der Waals surface area contributed by atoms with E-state index in [1.807, 2.05) is 0 Å². The molecule has 0 spiro atoms. The van der Waals surface area contributed by atoms with Crippen molar-refractivity contribution in [3.8, 4) is 0 Å². The number of aromatic nitrogens is 4. The second-order valence-corrected chi connectivity index (χ2v) is 4.34. The predicted octanol–water partition coefficient (Wildman–Crippen LogP) is -0.767. The molecule has 8 nitrogen and oxygen atoms in total. The van der Waals surface area contributed by atoms with Crippen LogP contribution in [0.2, 0.25) is 0 Å². The topological polar surface area (TPSA) is 102 Å². The number of fused-ring (bicyclic) bond motifs is 1. The Morgan fingerprint density at radius 3 is 3.20 bits per heavy atom. The monoisotopic (exact) mass is 272 g/mol. The fourth-order valence-corrected chi connectivity index (χ4v) is 1.96. The van der Waals surface area contributed by atoms with Gasteiger partial charge in [0.25, 0.3) is 5.91 Å². The van der Waals surface area contributed by atoms with Gasteiger partial charge in [0.15, 0.2) is 0 Å². The zero-order valence-corrected chi connectivity index (χ0v) is 10.5. The number of hydrogen-bond donors (Lipinski definition) is 2. The second kappa shape index (κ2) is 5.08. The normalized spacial score (nSPS) is 13.5. The zero-order chi connectivity index (χ0) is 13.9. The van der Waals surface area contributed by atoms with Gasteiger partial charge in [0, 0.05) is 12.4 Å². The van der Waals surface area contributed by atoms with E-state index in [0.717, 1.165) is 5.69 Å². The molecule has 8 heteroatoms. The lowest BCUT2D eigenvalue weighted by molar-refractivity contribution is -0.122. The third-order valence-corrected chi connectivity index (χ3v) is 3.00. The minimum absolute atomic E-state index is 0.0895. The van der Waals surface area contributed by atoms with Crippen molar-refractivity contribution in [3.05, 3.63) is 41.5 Å². The number of amides is 2. The number of nitrogens with one attached hydrogen (secondary N) is 2. The average Bonchev–Trinajstić information content (AvgIpc) is 2.88. The number of rotatable bonds is 3. The Labute approximate surface area is 114 Å². The number of carbonyl (C=O) groups is 2. The Kier molecular flexibility index (Phi) is 3.12. The van der Waals surface area contributed by atoms with Gasteiger partial charge in [0.2, 0.25) is 5.91 Å². The van der Waals surface area contributed by atoms with Crippen molar-refractivity contribution in [1.82, 2.24) is 30.6 Å². The van der Waals surface area contributed by atoms with E-state index in [9.17, 15) is 9.59 Å². The summed E-state index contributed by atoms with van der Waals surface area (Å²) in [5, 5.41) is 13.4. The molecule has 2 amide bonds. The van der Waals surface area contributed by atoms with Crippen molar-refractivity contribution in [3.63, 3.8) is 0 Å². The van der Waals surface area contributed by atoms with Crippen LogP contribution in [0.4, 0.5) is 0 Å². The molecule has 3 rings (SSSR count). The van der Waals surface area contributed by atoms with Crippen LogP contribution >= 0.6 is 0 Å². The standard InChI is InChI=1S/C12H12N6O2/c19-11-7-18-10(6-14-11)9(16-17-18)5-15-12(20)8-2-1-3-13-4-8/h1-4H,5-7H2,(H,14,19)(H,15,20). The van der Waals surface area contributed by atoms with Crippen LogP contribution in [0.3, 0.4) is 0 Å². The van der Waals surface area contributed by atoms with E-state index in [0.29, 0.717) is 17.8 Å². The van der Waals surface area contributed by atoms with Gasteiger partial charge in [-0.05, 0) is 12.1 Å². The fraction of sp³-hybridized carbons (Fsp3) is 0.250. The molecule has 102 valence electrons. The zero-order valence-electron chi connectivity index (χ0n) is 10.5. The van der Waals surface area contributed by atoms with E-state index in [2.05, 4.69) is 25.9 Å². The molecule has 1 aliphatic rings. The van der Waals surface area contributed by atoms with Crippen LogP contribution in [0.5, 0.6) is 0 Å². The minimum Gasteiger partial charge on any atom is -0.349 e. The lowest BCUT2D eigenvalue weighted by Crippen LogP contribution is -2.35. The molecule has 0 saturated carbocycles. The molecule has 1 aliphatic heterocycles. The van der Waals surface area contributed by atoms with Crippen molar-refractivity contribution in [2.75, 3.05) is 0 Å². The van der Waals surface area contributed by atoms with Gasteiger partial charge in [0.1, 0.15) is 12.2 Å². The van der Waals surface area contributed by atoms with E-state index in [-0.39, 0.29) is 24.9 Å². The third-order valence-electron chi connectivity index (χ3n) is 3.00. The first kappa shape index (κ1) is 12.3. The number of carbonyl (C=O) groups excluding carboxylic acids is 2. The lowest BCUT2D eigenvalue weighted by atomic mass is 10.2. The summed E-state index contributed by atoms with van der Waals surface area (Å²) in [4.78, 5) is 27.0. The van der Waals surface area contributed by atoms with E-state index in [4.69, 9.17) is 0 Å². The van der Waals surface area contributed by atoms with Gasteiger partial charge in [-0.1, -0.05) is 5.21 Å². The highest BCUT2D eigenvalue weighted by Crippen LogP contribution is 2.09. The fourth-order valence-electron chi connectivity index (χ4n) is 1.96. The molecule has 2 aromatic heterocycles. The van der Waals surface area contributed by atoms with Crippen molar-refractivity contribution < 1.29 is 9.59 Å². The number of pyridine rings is 1. The Hall–Kier alpha value is -2.77. The first-order valence-electron chi connectivity index (χ1n) is 6.10. The summed E-state index contributed by atoms with van der Waals surface area (Å²) < 4.78 is 1.55. The summed E-state index contributed by atoms with van der Waals surface area (Å²) in [6.45, 7) is 0.807. The van der Waals surface area contributed by atoms with Gasteiger partial charge in [-0.15, -0.1) is 5.10 Å². The van der Waals surface area contributed by atoms with Gasteiger partial charge in [-0.2, -0.15) is 0 Å². The van der Waals surface area contributed by atoms with E-state index < -0.39 is 0 Å². The Morgan fingerprint density at radius 2 is 2.40 bits per heavy atom. The molecule has 0 saturated heterocycles. The van der Waals surface area contributed by atoms with Gasteiger partial charge in [-0.25, -0.2) is 4.68 Å². The summed E-state index contributed by atoms with van der Waals surface area (Å²) in [6, 6.07) is 3.38. The van der Waals surface area contributed by atoms with Gasteiger partial charge < -0.3 is 10.6 Å². The summed E-state index contributed by atoms with van der Waals surface area (Å²) in [5.41, 5.74) is 1.96. The summed E-state index contributed by atoms with van der Waals surface area (Å²) in [6.07, 6.45) is 3.10. The van der Waals surface area contributed by atoms with E-state index in [1.165, 1.54) is 6.20 Å². The third kappa shape index (κ3) is 2.35. The maximum Gasteiger partial charge on any atom is 0.253 e. The van der Waals surface area contributed by atoms with Crippen molar-refractivity contribution in [1.29, 1.82) is 0 Å². The van der Waals surface area contributed by atoms with Crippen molar-refractivity contribution in [2.45, 2.75) is 19.6 Å². The SMILES string of the molecule is O=C1Cn2nnc(CNC(=O)c3cccnc3)c2CN1. The molecule has 0 atom stereocenters. The van der Waals surface area contributed by atoms with E-state index in [1.54, 1.807) is 23.0 Å². The number of nitrogens with zero attached hydrogens (tertiary/aromatic N) is 4. The first-order valence-corrected chi connectivity index (χ1v) is 6.10. The smallest absolute Gasteiger partial charge is 0.253 e. The highest BCUT2D eigenvalue weighted by atomic mass is 16.2. The quantitative estimate of drug-likeness (QED) is 0.764. The number of hydrogen-bond acceptors (Lipinski definition) is 5. The average molecular weight is 272 g/mol. The van der Waals surface area contributed by atoms with Crippen LogP contribution in [0.15, 0.2) is 24.5 Å². The first-order chi connectivity index (χ1) is 9.74. The molecular weight excluding hydrogens is 260 g/mol. The highest BCUT2D eigenvalue weighted by Gasteiger charge is 2.20. The van der Waals surface area contributed by atoms with Crippen molar-refractivity contribution >= 4 is 11.8 Å². The van der Waals surface area contributed by atoms with Gasteiger partial charge in [0.05, 0.1) is 24.3 Å². The molecule has 3 heterocycles. The lowest BCUT2D eigenvalue weighted by Gasteiger charge is -2.14. The van der Waals surface area contributed by atoms with Gasteiger partial charge >= 0.3 is 0 Å². The molecule has 2 N–H and O–H groups in total. The summed E-state index contributed by atoms with van der Waals surface area (Å²) in [7, 11) is 0. The Bertz CT molecular complexity index is 651. The summed E-state index contributed by atoms with van der Waals surface area (Å²) >= 11 is 0. The molecule has 0 aliphatic carbocycles. The van der Waals surface area contributed by atoms with E-state index >= 15 is 0 Å². The maximum absolute atomic E-state index is 11.9. The molecule has 2 aromatic rings. The van der Waals surface area contributed by atoms with Crippen LogP contribution in [-0.4, -0.2) is 31.8 Å². The molecule has 0 fully saturated rings. The van der Waals surface area contributed by atoms with Gasteiger partial charge in [-0.3, -0.25) is 14.6 Å². The van der Waals surface area contributed by atoms with Crippen LogP contribution in [0.25, 0.3) is 0 Å². The molecule has 20 heavy (non-hydrogen) atoms. The molecule has 0 unspecified atom stereocenters. The molecule has 0 aromatic carbocycles. The van der Waals surface area contributed by atoms with Crippen LogP contribution in [0.1, 0.15) is 21.7 Å². The molecule has 0 bridgehead atoms. The largest absolute Gasteiger partial charge is 0.349 e. The van der Waals surface area contributed by atoms with Crippen LogP contribution < -0.4 is 10.6 Å². The highest BCUT2D eigenvalue weighted by molar-refractivity contribution is 5.93. The minimum atomic E-state index is -0.223. The second-order valence-electron chi connectivity index (χ2n) is 4.34. The Balaban J connectivity index is 1.68. The Morgan fingerprint density at radius 1 is 1.50 bits per heavy atom. The molecular formula is C12H12N6O2. The predicted molar refractivity (Wildman–Crippen MR) is 67.3 cm³/mol. The van der Waals surface area contributed by atoms with Crippen molar-refractivity contribution in [2.24, 2.45) is 0 Å². The maximum atomic E-state index is 11.9.